The van der Waals surface area contributed by atoms with E-state index in [0.717, 1.165) is 24.3 Å². The molecule has 0 aromatic heterocycles. The van der Waals surface area contributed by atoms with Gasteiger partial charge in [-0.2, -0.15) is 0 Å². The molecule has 61 heavy (non-hydrogen) atoms. The second-order valence-corrected chi connectivity index (χ2v) is 14.7. The van der Waals surface area contributed by atoms with Gasteiger partial charge in [0.15, 0.2) is 5.78 Å². The highest BCUT2D eigenvalue weighted by Crippen LogP contribution is 2.14. The number of carbonyl (C=O) groups excluding carboxylic acids is 9. The molecule has 342 valence electrons. The van der Waals surface area contributed by atoms with E-state index in [2.05, 4.69) is 21.3 Å². The fourth-order valence-electron chi connectivity index (χ4n) is 6.27. The van der Waals surface area contributed by atoms with E-state index in [0.29, 0.717) is 19.3 Å². The quantitative estimate of drug-likeness (QED) is 0.0232. The highest BCUT2D eigenvalue weighted by molar-refractivity contribution is 6.41. The van der Waals surface area contributed by atoms with E-state index in [1.54, 1.807) is 12.1 Å². The van der Waals surface area contributed by atoms with Gasteiger partial charge >= 0.3 is 0 Å². The first kappa shape index (κ1) is 53.8. The maximum absolute atomic E-state index is 13.5. The van der Waals surface area contributed by atoms with Gasteiger partial charge in [0.2, 0.25) is 47.0 Å². The molecular formula is C39H63N9O13. The van der Waals surface area contributed by atoms with Crippen molar-refractivity contribution < 1.29 is 63.6 Å². The van der Waals surface area contributed by atoms with Crippen LogP contribution in [0.25, 0.3) is 0 Å². The molecule has 1 aromatic carbocycles. The van der Waals surface area contributed by atoms with Crippen molar-refractivity contribution in [3.63, 3.8) is 0 Å². The zero-order valence-electron chi connectivity index (χ0n) is 34.6. The molecule has 0 bridgehead atoms. The van der Waals surface area contributed by atoms with Gasteiger partial charge in [-0.25, -0.2) is 0 Å². The third kappa shape index (κ3) is 19.8. The fourth-order valence-corrected chi connectivity index (χ4v) is 6.27. The summed E-state index contributed by atoms with van der Waals surface area (Å²) in [6.45, 7) is -0.863. The number of unbranched alkanes of at least 4 members (excludes halogenated alkanes) is 2. The average molecular weight is 866 g/mol. The second kappa shape index (κ2) is 28.3. The maximum atomic E-state index is 13.5. The van der Waals surface area contributed by atoms with E-state index in [1.807, 2.05) is 18.2 Å². The summed E-state index contributed by atoms with van der Waals surface area (Å²) in [5.74, 6) is -8.53. The Hall–Kier alpha value is -5.23. The van der Waals surface area contributed by atoms with Crippen LogP contribution < -0.4 is 44.2 Å². The topological polar surface area (TPSA) is 390 Å². The van der Waals surface area contributed by atoms with E-state index >= 15 is 0 Å². The first-order chi connectivity index (χ1) is 28.8. The minimum atomic E-state index is -1.85. The van der Waals surface area contributed by atoms with E-state index < -0.39 is 128 Å². The first-order valence-corrected chi connectivity index (χ1v) is 19.9. The number of hydrogen-bond acceptors (Lipinski definition) is 16. The van der Waals surface area contributed by atoms with E-state index in [-0.39, 0.29) is 44.6 Å². The number of nitrogens with zero attached hydrogens (tertiary/aromatic N) is 1. The van der Waals surface area contributed by atoms with Gasteiger partial charge in [-0.3, -0.25) is 48.5 Å². The van der Waals surface area contributed by atoms with Crippen LogP contribution in [0, 0.1) is 5.92 Å². The Morgan fingerprint density at radius 3 is 1.95 bits per heavy atom. The maximum Gasteiger partial charge on any atom is 0.239 e. The summed E-state index contributed by atoms with van der Waals surface area (Å²) in [6, 6.07) is 1.02. The lowest BCUT2D eigenvalue weighted by atomic mass is 9.96. The summed E-state index contributed by atoms with van der Waals surface area (Å²) < 4.78 is 0. The summed E-state index contributed by atoms with van der Waals surface area (Å²) in [4.78, 5) is 114. The molecule has 6 unspecified atom stereocenters. The highest BCUT2D eigenvalue weighted by Gasteiger charge is 2.40. The van der Waals surface area contributed by atoms with Crippen LogP contribution in [0.4, 0.5) is 0 Å². The van der Waals surface area contributed by atoms with E-state index in [4.69, 9.17) is 22.9 Å². The van der Waals surface area contributed by atoms with Crippen LogP contribution in [0.15, 0.2) is 30.3 Å². The van der Waals surface area contributed by atoms with Gasteiger partial charge in [0.05, 0.1) is 43.9 Å². The standard InChI is InChI=1S/C39H63N9O13/c1-22(52)34(48(23(2)53)18-26(16-32(41)55)46-30(21-51)38(43)60)36(58)35(57)29(20-50)45-17-25(37(42)59)12-13-33(56)44-14-8-4-7-11-31(54)28(47-39(61)27(40)19-49)15-24-9-5-3-6-10-24/h3,5-6,9-10,22,25-30,34,45-46,49-52H,4,7-8,11-21,40H2,1-2H3,(H2,41,55)(H2,42,59)(H2,43,60)(H,44,56)(H,47,61)/t22?,25?,26?,27?,28?,29-,30-,34?/m0/s1. The molecule has 0 saturated heterocycles. The molecule has 0 aliphatic rings. The number of carbonyl (C=O) groups is 9. The summed E-state index contributed by atoms with van der Waals surface area (Å²) in [6.07, 6.45) is -0.516. The van der Waals surface area contributed by atoms with Gasteiger partial charge in [0, 0.05) is 51.9 Å². The number of hydrogen-bond donors (Lipinski definition) is 12. The van der Waals surface area contributed by atoms with Crippen LogP contribution in [-0.4, -0.2) is 160 Å². The van der Waals surface area contributed by atoms with Gasteiger partial charge in [-0.05, 0) is 38.2 Å². The summed E-state index contributed by atoms with van der Waals surface area (Å²) in [5, 5.41) is 49.8. The third-order valence-corrected chi connectivity index (χ3v) is 9.71. The van der Waals surface area contributed by atoms with Crippen molar-refractivity contribution in [1.29, 1.82) is 0 Å². The average Bonchev–Trinajstić information content (AvgIpc) is 3.20. The number of aliphatic hydroxyl groups excluding tert-OH is 4. The van der Waals surface area contributed by atoms with Crippen molar-refractivity contribution in [2.24, 2.45) is 28.9 Å². The number of primary amides is 3. The van der Waals surface area contributed by atoms with E-state index in [1.165, 1.54) is 0 Å². The number of ketones is 3. The molecule has 0 aliphatic carbocycles. The van der Waals surface area contributed by atoms with Crippen molar-refractivity contribution >= 4 is 52.8 Å². The summed E-state index contributed by atoms with van der Waals surface area (Å²) >= 11 is 0. The molecule has 0 heterocycles. The largest absolute Gasteiger partial charge is 0.394 e. The number of nitrogens with one attached hydrogen (secondary N) is 4. The molecule has 0 aliphatic heterocycles. The highest BCUT2D eigenvalue weighted by atomic mass is 16.3. The minimum absolute atomic E-state index is 0.0831. The predicted molar refractivity (Wildman–Crippen MR) is 218 cm³/mol. The third-order valence-electron chi connectivity index (χ3n) is 9.71. The zero-order valence-corrected chi connectivity index (χ0v) is 34.6. The van der Waals surface area contributed by atoms with Crippen LogP contribution in [0.5, 0.6) is 0 Å². The first-order valence-electron chi connectivity index (χ1n) is 19.9. The molecule has 22 heteroatoms. The van der Waals surface area contributed by atoms with Gasteiger partial charge in [-0.1, -0.05) is 36.8 Å². The van der Waals surface area contributed by atoms with Crippen molar-refractivity contribution in [3.05, 3.63) is 35.9 Å². The minimum Gasteiger partial charge on any atom is -0.394 e. The number of rotatable bonds is 33. The summed E-state index contributed by atoms with van der Waals surface area (Å²) in [5.41, 5.74) is 22.5. The molecule has 16 N–H and O–H groups in total. The zero-order chi connectivity index (χ0) is 46.2. The fraction of sp³-hybridized carbons (Fsp3) is 0.615. The Bertz CT molecular complexity index is 1630. The predicted octanol–water partition coefficient (Wildman–Crippen LogP) is -5.47. The van der Waals surface area contributed by atoms with Crippen molar-refractivity contribution in [2.45, 2.75) is 108 Å². The van der Waals surface area contributed by atoms with Crippen LogP contribution in [0.1, 0.15) is 64.4 Å². The number of benzene rings is 1. The smallest absolute Gasteiger partial charge is 0.239 e. The van der Waals surface area contributed by atoms with Gasteiger partial charge < -0.3 is 64.2 Å². The normalized spacial score (nSPS) is 15.1. The molecular weight excluding hydrogens is 802 g/mol. The Labute approximate surface area is 353 Å². The van der Waals surface area contributed by atoms with Crippen molar-refractivity contribution in [1.82, 2.24) is 26.2 Å². The Morgan fingerprint density at radius 1 is 0.787 bits per heavy atom. The molecule has 0 spiro atoms. The molecule has 1 aromatic rings. The SMILES string of the molecule is CC(=O)N(CC(CC(N)=O)N[C@@H](CO)C(N)=O)C(C(=O)C(=O)[C@H](CO)NCC(CCC(=O)NCCCCCC(=O)C(Cc1ccccc1)NC(=O)C(N)CO)C(N)=O)C(C)O. The lowest BCUT2D eigenvalue weighted by Gasteiger charge is -2.35. The molecule has 22 nitrogen and oxygen atoms in total. The molecule has 6 amide bonds. The van der Waals surface area contributed by atoms with Crippen molar-refractivity contribution in [2.75, 3.05) is 39.5 Å². The molecule has 1 rings (SSSR count). The Morgan fingerprint density at radius 2 is 1.43 bits per heavy atom. The van der Waals surface area contributed by atoms with E-state index in [9.17, 15) is 63.6 Å². The van der Waals surface area contributed by atoms with Crippen LogP contribution in [0.2, 0.25) is 0 Å². The number of amides is 6. The van der Waals surface area contributed by atoms with Gasteiger partial charge in [-0.15, -0.1) is 0 Å². The van der Waals surface area contributed by atoms with Crippen LogP contribution >= 0.6 is 0 Å². The monoisotopic (exact) mass is 865 g/mol. The Kier molecular flexibility index (Phi) is 25.0. The Balaban J connectivity index is 2.78. The lowest BCUT2D eigenvalue weighted by Crippen LogP contribution is -2.60. The second-order valence-electron chi connectivity index (χ2n) is 14.7. The number of Topliss-reactive ketones (excluding diaryl/α,β-unsaturated/α-hetero) is 3. The van der Waals surface area contributed by atoms with Crippen molar-refractivity contribution in [3.8, 4) is 0 Å². The van der Waals surface area contributed by atoms with Crippen LogP contribution in [-0.2, 0) is 49.6 Å². The van der Waals surface area contributed by atoms with Gasteiger partial charge in [0.1, 0.15) is 18.1 Å². The summed E-state index contributed by atoms with van der Waals surface area (Å²) in [7, 11) is 0. The molecule has 8 atom stereocenters. The molecule has 0 radical (unpaired) electrons. The molecule has 0 saturated carbocycles. The molecule has 0 fully saturated rings. The number of nitrogens with two attached hydrogens (primary N) is 4. The van der Waals surface area contributed by atoms with Gasteiger partial charge in [0.25, 0.3) is 0 Å². The lowest BCUT2D eigenvalue weighted by molar-refractivity contribution is -0.149. The number of aliphatic hydroxyl groups is 4. The van der Waals surface area contributed by atoms with Crippen LogP contribution in [0.3, 0.4) is 0 Å².